The largest absolute Gasteiger partial charge is 0.464 e. The van der Waals surface area contributed by atoms with E-state index in [9.17, 15) is 9.90 Å². The van der Waals surface area contributed by atoms with Crippen LogP contribution in [0.25, 0.3) is 11.0 Å². The van der Waals surface area contributed by atoms with E-state index in [1.54, 1.807) is 11.2 Å². The van der Waals surface area contributed by atoms with Crippen LogP contribution in [0.15, 0.2) is 28.9 Å². The number of morpholine rings is 1. The van der Waals surface area contributed by atoms with Gasteiger partial charge in [-0.25, -0.2) is 0 Å². The number of amides is 1. The summed E-state index contributed by atoms with van der Waals surface area (Å²) in [5.41, 5.74) is 2.86. The Balaban J connectivity index is 1.44. The third kappa shape index (κ3) is 3.29. The highest BCUT2D eigenvalue weighted by atomic mass is 16.5. The van der Waals surface area contributed by atoms with Gasteiger partial charge in [-0.3, -0.25) is 9.69 Å². The van der Waals surface area contributed by atoms with E-state index in [1.807, 2.05) is 25.1 Å². The molecule has 2 saturated heterocycles. The summed E-state index contributed by atoms with van der Waals surface area (Å²) in [5, 5.41) is 11.4. The number of hydrogen-bond donors (Lipinski definition) is 1. The van der Waals surface area contributed by atoms with E-state index in [4.69, 9.17) is 9.15 Å². The first kappa shape index (κ1) is 16.6. The Morgan fingerprint density at radius 1 is 1.28 bits per heavy atom. The number of furan rings is 1. The molecule has 2 aliphatic heterocycles. The van der Waals surface area contributed by atoms with E-state index in [0.29, 0.717) is 32.7 Å². The standard InChI is InChI=1S/C19H24N2O4/c1-13-2-3-15-14(12-25-18(15)8-13)9-19(23)21-10-16(17(22)11-21)20-4-6-24-7-5-20/h2-3,8,12,16-17,22H,4-7,9-11H2,1H3/t16-,17-/m1/s1. The maximum Gasteiger partial charge on any atom is 0.227 e. The zero-order valence-corrected chi connectivity index (χ0v) is 14.5. The number of benzene rings is 1. The van der Waals surface area contributed by atoms with E-state index in [0.717, 1.165) is 35.2 Å². The van der Waals surface area contributed by atoms with Crippen molar-refractivity contribution < 1.29 is 19.1 Å². The predicted molar refractivity (Wildman–Crippen MR) is 93.4 cm³/mol. The van der Waals surface area contributed by atoms with Gasteiger partial charge in [-0.1, -0.05) is 12.1 Å². The average Bonchev–Trinajstić information content (AvgIpc) is 3.19. The molecule has 0 spiro atoms. The first-order valence-electron chi connectivity index (χ1n) is 8.86. The Morgan fingerprint density at radius 3 is 2.88 bits per heavy atom. The normalized spacial score (nSPS) is 25.0. The summed E-state index contributed by atoms with van der Waals surface area (Å²) in [6, 6.07) is 6.03. The predicted octanol–water partition coefficient (Wildman–Crippen LogP) is 1.19. The SMILES string of the molecule is Cc1ccc2c(CC(=O)N3C[C@@H](O)[C@H](N4CCOCC4)C3)coc2c1. The second-order valence-electron chi connectivity index (χ2n) is 7.02. The lowest BCUT2D eigenvalue weighted by Crippen LogP contribution is -2.49. The van der Waals surface area contributed by atoms with Crippen molar-refractivity contribution in [2.24, 2.45) is 0 Å². The second kappa shape index (κ2) is 6.78. The molecule has 1 N–H and O–H groups in total. The Bertz CT molecular complexity index is 766. The number of likely N-dealkylation sites (tertiary alicyclic amines) is 1. The van der Waals surface area contributed by atoms with Gasteiger partial charge in [0.25, 0.3) is 0 Å². The third-order valence-electron chi connectivity index (χ3n) is 5.28. The van der Waals surface area contributed by atoms with Crippen molar-refractivity contribution in [1.29, 1.82) is 0 Å². The zero-order valence-electron chi connectivity index (χ0n) is 14.5. The van der Waals surface area contributed by atoms with E-state index >= 15 is 0 Å². The molecular formula is C19H24N2O4. The van der Waals surface area contributed by atoms with E-state index < -0.39 is 6.10 Å². The van der Waals surface area contributed by atoms with Gasteiger partial charge in [-0.05, 0) is 18.6 Å². The second-order valence-corrected chi connectivity index (χ2v) is 7.02. The van der Waals surface area contributed by atoms with Crippen molar-refractivity contribution in [1.82, 2.24) is 9.80 Å². The van der Waals surface area contributed by atoms with Crippen LogP contribution in [0.4, 0.5) is 0 Å². The van der Waals surface area contributed by atoms with Gasteiger partial charge in [-0.15, -0.1) is 0 Å². The molecule has 134 valence electrons. The van der Waals surface area contributed by atoms with Crippen LogP contribution in [-0.2, 0) is 16.0 Å². The van der Waals surface area contributed by atoms with Crippen LogP contribution in [0.5, 0.6) is 0 Å². The van der Waals surface area contributed by atoms with E-state index in [-0.39, 0.29) is 11.9 Å². The summed E-state index contributed by atoms with van der Waals surface area (Å²) in [5.74, 6) is 0.0399. The van der Waals surface area contributed by atoms with Crippen LogP contribution in [0.2, 0.25) is 0 Å². The molecule has 4 rings (SSSR count). The molecule has 6 nitrogen and oxygen atoms in total. The van der Waals surface area contributed by atoms with Crippen LogP contribution < -0.4 is 0 Å². The minimum absolute atomic E-state index is 0.0107. The number of fused-ring (bicyclic) bond motifs is 1. The molecule has 2 aromatic rings. The number of aryl methyl sites for hydroxylation is 1. The van der Waals surface area contributed by atoms with Crippen LogP contribution in [0, 0.1) is 6.92 Å². The molecular weight excluding hydrogens is 320 g/mol. The van der Waals surface area contributed by atoms with Crippen molar-refractivity contribution in [3.8, 4) is 0 Å². The molecule has 3 heterocycles. The molecule has 1 aromatic carbocycles. The number of carbonyl (C=O) groups is 1. The summed E-state index contributed by atoms with van der Waals surface area (Å²) in [6.45, 7) is 6.01. The number of aliphatic hydroxyl groups is 1. The summed E-state index contributed by atoms with van der Waals surface area (Å²) >= 11 is 0. The van der Waals surface area contributed by atoms with Crippen LogP contribution in [0.1, 0.15) is 11.1 Å². The smallest absolute Gasteiger partial charge is 0.227 e. The number of ether oxygens (including phenoxy) is 1. The number of carbonyl (C=O) groups excluding carboxylic acids is 1. The number of nitrogens with zero attached hydrogens (tertiary/aromatic N) is 2. The fourth-order valence-electron chi connectivity index (χ4n) is 3.84. The van der Waals surface area contributed by atoms with Gasteiger partial charge in [0.1, 0.15) is 5.58 Å². The number of rotatable bonds is 3. The Kier molecular flexibility index (Phi) is 4.50. The molecule has 0 radical (unpaired) electrons. The molecule has 25 heavy (non-hydrogen) atoms. The van der Waals surface area contributed by atoms with Crippen molar-refractivity contribution in [2.75, 3.05) is 39.4 Å². The minimum Gasteiger partial charge on any atom is -0.464 e. The monoisotopic (exact) mass is 344 g/mol. The van der Waals surface area contributed by atoms with Gasteiger partial charge in [0.05, 0.1) is 38.0 Å². The molecule has 0 unspecified atom stereocenters. The summed E-state index contributed by atoms with van der Waals surface area (Å²) in [7, 11) is 0. The summed E-state index contributed by atoms with van der Waals surface area (Å²) < 4.78 is 11.0. The van der Waals surface area contributed by atoms with Gasteiger partial charge in [-0.2, -0.15) is 0 Å². The van der Waals surface area contributed by atoms with Crippen molar-refractivity contribution >= 4 is 16.9 Å². The van der Waals surface area contributed by atoms with Crippen LogP contribution in [0.3, 0.4) is 0 Å². The Hall–Kier alpha value is -1.89. The lowest BCUT2D eigenvalue weighted by Gasteiger charge is -2.33. The molecule has 2 aliphatic rings. The lowest BCUT2D eigenvalue weighted by atomic mass is 10.1. The highest BCUT2D eigenvalue weighted by Gasteiger charge is 2.38. The molecule has 0 saturated carbocycles. The van der Waals surface area contributed by atoms with E-state index in [2.05, 4.69) is 4.90 Å². The summed E-state index contributed by atoms with van der Waals surface area (Å²) in [4.78, 5) is 16.7. The van der Waals surface area contributed by atoms with Gasteiger partial charge in [0.15, 0.2) is 0 Å². The van der Waals surface area contributed by atoms with Gasteiger partial charge in [0, 0.05) is 37.1 Å². The zero-order chi connectivity index (χ0) is 17.4. The fraction of sp³-hybridized carbons (Fsp3) is 0.526. The van der Waals surface area contributed by atoms with Gasteiger partial charge in [0.2, 0.25) is 5.91 Å². The molecule has 1 aromatic heterocycles. The highest BCUT2D eigenvalue weighted by molar-refractivity contribution is 5.88. The molecule has 1 amide bonds. The highest BCUT2D eigenvalue weighted by Crippen LogP contribution is 2.24. The van der Waals surface area contributed by atoms with Crippen LogP contribution in [-0.4, -0.2) is 72.4 Å². The van der Waals surface area contributed by atoms with E-state index in [1.165, 1.54) is 0 Å². The first-order chi connectivity index (χ1) is 12.1. The topological polar surface area (TPSA) is 66.2 Å². The summed E-state index contributed by atoms with van der Waals surface area (Å²) in [6.07, 6.45) is 1.48. The molecule has 0 aliphatic carbocycles. The number of aliphatic hydroxyl groups excluding tert-OH is 1. The van der Waals surface area contributed by atoms with Crippen LogP contribution >= 0.6 is 0 Å². The maximum absolute atomic E-state index is 12.7. The minimum atomic E-state index is -0.495. The fourth-order valence-corrected chi connectivity index (χ4v) is 3.84. The molecule has 2 atom stereocenters. The van der Waals surface area contributed by atoms with Crippen molar-refractivity contribution in [3.05, 3.63) is 35.6 Å². The maximum atomic E-state index is 12.7. The molecule has 6 heteroatoms. The quantitative estimate of drug-likeness (QED) is 0.906. The Labute approximate surface area is 146 Å². The Morgan fingerprint density at radius 2 is 2.08 bits per heavy atom. The van der Waals surface area contributed by atoms with Crippen molar-refractivity contribution in [3.63, 3.8) is 0 Å². The molecule has 0 bridgehead atoms. The first-order valence-corrected chi connectivity index (χ1v) is 8.86. The number of hydrogen-bond acceptors (Lipinski definition) is 5. The molecule has 2 fully saturated rings. The number of β-amino-alcohol motifs (C(OH)–C–C–N with tert-alkyl or cyclic N) is 1. The van der Waals surface area contributed by atoms with Crippen molar-refractivity contribution in [2.45, 2.75) is 25.5 Å². The van der Waals surface area contributed by atoms with Gasteiger partial charge >= 0.3 is 0 Å². The lowest BCUT2D eigenvalue weighted by molar-refractivity contribution is -0.129. The van der Waals surface area contributed by atoms with Gasteiger partial charge < -0.3 is 19.2 Å². The average molecular weight is 344 g/mol. The third-order valence-corrected chi connectivity index (χ3v) is 5.28.